The van der Waals surface area contributed by atoms with E-state index in [1.165, 1.54) is 12.4 Å². The standard InChI is InChI=1S/C28H31ClN6O5.C25H29ClN6O4.C8H19N.C3H3ClO/c1-6-24(36)33-20-13-19(29)14-21(15-20)34-26(38)23-16-32-35(17(23)2)22-9-7-18(8-10-22)25(37)30-11-12-31-27(39)40-28(3,4)5;1-15-21(23(34)31-19-12-17(26)11-18(27)13-19)14-30-32(15)20-7-5-16(6-8-20)22(33)28-9-10-29-24(35)36-25(2,3)4;1-6-9(7(2)3)8(4)5;1-2-3(4)5/h6-10,13-16H,1,11-12H2,2-5H3,(H,30,37)(H,31,39)(H,33,36)(H,34,38);5-8,11-14H,9-10,27H2,1-4H3,(H,28,33)(H,29,35)(H,31,34);7-8H,6H2,1-5H3;2H,1H2. The highest BCUT2D eigenvalue weighted by Crippen LogP contribution is 2.26. The van der Waals surface area contributed by atoms with Gasteiger partial charge in [0.05, 0.1) is 46.3 Å². The Kier molecular flexibility index (Phi) is 30.0. The molecule has 0 radical (unpaired) electrons. The maximum Gasteiger partial charge on any atom is 0.407 e. The number of hydrogen-bond acceptors (Lipinski definition) is 14. The van der Waals surface area contributed by atoms with Gasteiger partial charge in [0.2, 0.25) is 11.1 Å². The smallest absolute Gasteiger partial charge is 0.407 e. The summed E-state index contributed by atoms with van der Waals surface area (Å²) in [5.74, 6) is -1.76. The van der Waals surface area contributed by atoms with Gasteiger partial charge in [-0.15, -0.1) is 0 Å². The largest absolute Gasteiger partial charge is 0.444 e. The number of alkyl carbamates (subject to hydrolysis) is 2. The number of benzene rings is 4. The number of anilines is 4. The van der Waals surface area contributed by atoms with Crippen molar-refractivity contribution in [3.8, 4) is 11.4 Å². The van der Waals surface area contributed by atoms with Crippen molar-refractivity contribution in [3.05, 3.63) is 166 Å². The number of nitrogens with zero attached hydrogens (tertiary/aromatic N) is 5. The van der Waals surface area contributed by atoms with Crippen LogP contribution in [0.2, 0.25) is 10.0 Å². The van der Waals surface area contributed by atoms with Crippen LogP contribution in [0.1, 0.15) is 129 Å². The van der Waals surface area contributed by atoms with E-state index in [1.807, 2.05) is 0 Å². The molecule has 26 heteroatoms. The molecule has 0 aliphatic carbocycles. The average molecular weight is 1300 g/mol. The SMILES string of the molecule is C=CC(=O)Cl.C=CC(=O)Nc1cc(Cl)cc(NC(=O)c2cnn(-c3ccc(C(=O)NCCNC(=O)OC(C)(C)C)cc3)c2C)c1.CCN(C(C)C)C(C)C.Cc1c(C(=O)Nc2cc(N)cc(Cl)c2)cnn1-c1ccc(C(=O)NCCNC(=O)OC(C)(C)C)cc1. The second kappa shape index (κ2) is 35.8. The van der Waals surface area contributed by atoms with E-state index >= 15 is 0 Å². The quantitative estimate of drug-likeness (QED) is 0.0153. The molecule has 7 amide bonds. The van der Waals surface area contributed by atoms with Crippen LogP contribution in [0.4, 0.5) is 32.3 Å². The third kappa shape index (κ3) is 26.4. The van der Waals surface area contributed by atoms with Crippen molar-refractivity contribution in [1.82, 2.24) is 45.7 Å². The fourth-order valence-electron chi connectivity index (χ4n) is 8.14. The zero-order chi connectivity index (χ0) is 67.6. The van der Waals surface area contributed by atoms with Gasteiger partial charge in [-0.1, -0.05) is 43.3 Å². The van der Waals surface area contributed by atoms with Crippen LogP contribution in [-0.4, -0.2) is 127 Å². The van der Waals surface area contributed by atoms with Crippen molar-refractivity contribution in [3.63, 3.8) is 0 Å². The van der Waals surface area contributed by atoms with E-state index in [-0.39, 0.29) is 43.9 Å². The van der Waals surface area contributed by atoms with Crippen molar-refractivity contribution in [2.24, 2.45) is 0 Å². The van der Waals surface area contributed by atoms with Crippen molar-refractivity contribution in [2.45, 2.75) is 113 Å². The Bertz CT molecular complexity index is 3430. The van der Waals surface area contributed by atoms with Gasteiger partial charge in [0.1, 0.15) is 11.2 Å². The number of carbonyl (C=O) groups excluding carboxylic acids is 8. The monoisotopic (exact) mass is 1300 g/mol. The summed E-state index contributed by atoms with van der Waals surface area (Å²) in [6.07, 6.45) is 3.98. The number of rotatable bonds is 20. The number of allylic oxidation sites excluding steroid dienone is 1. The van der Waals surface area contributed by atoms with Gasteiger partial charge in [-0.25, -0.2) is 19.0 Å². The molecule has 484 valence electrons. The molecule has 0 saturated carbocycles. The lowest BCUT2D eigenvalue weighted by molar-refractivity contribution is -0.112. The summed E-state index contributed by atoms with van der Waals surface area (Å²) < 4.78 is 13.5. The molecule has 2 heterocycles. The van der Waals surface area contributed by atoms with Crippen LogP contribution >= 0.6 is 34.8 Å². The Hall–Kier alpha value is -9.03. The van der Waals surface area contributed by atoms with Gasteiger partial charge in [-0.2, -0.15) is 10.2 Å². The molecule has 0 bridgehead atoms. The molecule has 9 N–H and O–H groups in total. The first-order valence-corrected chi connectivity index (χ1v) is 29.6. The molecule has 0 saturated heterocycles. The van der Waals surface area contributed by atoms with E-state index < -0.39 is 40.4 Å². The number of nitrogens with one attached hydrogen (secondary N) is 7. The van der Waals surface area contributed by atoms with Crippen LogP contribution < -0.4 is 43.0 Å². The minimum atomic E-state index is -0.599. The molecule has 0 fully saturated rings. The van der Waals surface area contributed by atoms with Gasteiger partial charge in [0, 0.05) is 82.2 Å². The van der Waals surface area contributed by atoms with Gasteiger partial charge in [0.25, 0.3) is 23.6 Å². The first-order valence-electron chi connectivity index (χ1n) is 28.5. The highest BCUT2D eigenvalue weighted by Gasteiger charge is 2.21. The maximum atomic E-state index is 13.0. The lowest BCUT2D eigenvalue weighted by Gasteiger charge is -2.28. The van der Waals surface area contributed by atoms with E-state index in [4.69, 9.17) is 50.0 Å². The summed E-state index contributed by atoms with van der Waals surface area (Å²) in [6.45, 7) is 33.9. The third-order valence-electron chi connectivity index (χ3n) is 12.1. The highest BCUT2D eigenvalue weighted by molar-refractivity contribution is 6.66. The number of carbonyl (C=O) groups is 8. The molecule has 6 aromatic rings. The number of nitrogen functional groups attached to an aromatic ring is 1. The van der Waals surface area contributed by atoms with Gasteiger partial charge >= 0.3 is 12.2 Å². The molecule has 0 spiro atoms. The van der Waals surface area contributed by atoms with Crippen LogP contribution in [0.5, 0.6) is 0 Å². The summed E-state index contributed by atoms with van der Waals surface area (Å²) in [7, 11) is 0. The first-order chi connectivity index (χ1) is 42.1. The number of halogens is 3. The Morgan fingerprint density at radius 1 is 0.567 bits per heavy atom. The molecule has 0 aliphatic rings. The Morgan fingerprint density at radius 2 is 0.922 bits per heavy atom. The van der Waals surface area contributed by atoms with Crippen LogP contribution in [0.25, 0.3) is 11.4 Å². The van der Waals surface area contributed by atoms with Crippen LogP contribution in [0, 0.1) is 13.8 Å². The summed E-state index contributed by atoms with van der Waals surface area (Å²) >= 11 is 16.8. The molecule has 0 aliphatic heterocycles. The highest BCUT2D eigenvalue weighted by atomic mass is 35.5. The second-order valence-corrected chi connectivity index (χ2v) is 23.4. The van der Waals surface area contributed by atoms with E-state index in [9.17, 15) is 38.4 Å². The van der Waals surface area contributed by atoms with Crippen LogP contribution in [-0.2, 0) is 19.1 Å². The Labute approximate surface area is 540 Å². The number of nitrogens with two attached hydrogens (primary N) is 1. The first kappa shape index (κ1) is 75.2. The predicted molar refractivity (Wildman–Crippen MR) is 356 cm³/mol. The maximum absolute atomic E-state index is 13.0. The minimum absolute atomic E-state index is 0.218. The molecule has 6 rings (SSSR count). The van der Waals surface area contributed by atoms with Crippen LogP contribution in [0.3, 0.4) is 0 Å². The number of hydrogen-bond donors (Lipinski definition) is 8. The molecule has 2 aromatic heterocycles. The van der Waals surface area contributed by atoms with Gasteiger partial charge in [-0.05, 0) is 198 Å². The lowest BCUT2D eigenvalue weighted by atomic mass is 10.2. The van der Waals surface area contributed by atoms with Crippen LogP contribution in [0.15, 0.2) is 123 Å². The van der Waals surface area contributed by atoms with Crippen molar-refractivity contribution in [2.75, 3.05) is 54.4 Å². The lowest BCUT2D eigenvalue weighted by Crippen LogP contribution is -2.37. The summed E-state index contributed by atoms with van der Waals surface area (Å²) in [6, 6.07) is 24.3. The average Bonchev–Trinajstić information content (AvgIpc) is 1.88. The van der Waals surface area contributed by atoms with Crippen molar-refractivity contribution in [1.29, 1.82) is 0 Å². The van der Waals surface area contributed by atoms with Gasteiger partial charge in [0.15, 0.2) is 0 Å². The zero-order valence-corrected chi connectivity index (χ0v) is 55.3. The van der Waals surface area contributed by atoms with Crippen molar-refractivity contribution < 1.29 is 47.8 Å². The molecule has 4 aromatic carbocycles. The number of amides is 7. The normalized spacial score (nSPS) is 10.8. The van der Waals surface area contributed by atoms with E-state index in [1.54, 1.807) is 150 Å². The van der Waals surface area contributed by atoms with Gasteiger partial charge in [-0.3, -0.25) is 33.7 Å². The summed E-state index contributed by atoms with van der Waals surface area (Å²) in [5.41, 5.74) is 10.4. The molecule has 23 nitrogen and oxygen atoms in total. The molecule has 0 unspecified atom stereocenters. The van der Waals surface area contributed by atoms with Gasteiger partial charge < -0.3 is 52.4 Å². The molecule has 90 heavy (non-hydrogen) atoms. The zero-order valence-electron chi connectivity index (χ0n) is 53.0. The number of aromatic nitrogens is 4. The van der Waals surface area contributed by atoms with Crippen molar-refractivity contribution >= 4 is 105 Å². The fourth-order valence-corrected chi connectivity index (χ4v) is 8.62. The molecular formula is C64H82Cl3N13O10. The second-order valence-electron chi connectivity index (χ2n) is 22.2. The predicted octanol–water partition coefficient (Wildman–Crippen LogP) is 11.5. The summed E-state index contributed by atoms with van der Waals surface area (Å²) in [5, 5.41) is 27.6. The molecule has 0 atom stereocenters. The Balaban J connectivity index is 0.000000389. The molecular weight excluding hydrogens is 1220 g/mol. The van der Waals surface area contributed by atoms with E-state index in [0.717, 1.165) is 18.7 Å². The third-order valence-corrected chi connectivity index (χ3v) is 12.6. The minimum Gasteiger partial charge on any atom is -0.444 e. The number of ether oxygens (including phenoxy) is 2. The summed E-state index contributed by atoms with van der Waals surface area (Å²) in [4.78, 5) is 97.4. The van der Waals surface area contributed by atoms with E-state index in [2.05, 4.69) is 100 Å². The fraction of sp³-hybridized carbons (Fsp3) is 0.344. The Morgan fingerprint density at radius 3 is 1.24 bits per heavy atom. The topological polar surface area (TPSA) is 304 Å². The van der Waals surface area contributed by atoms with E-state index in [0.29, 0.717) is 89.9 Å².